The van der Waals surface area contributed by atoms with Gasteiger partial charge >= 0.3 is 6.18 Å². The van der Waals surface area contributed by atoms with Crippen molar-refractivity contribution in [2.75, 3.05) is 18.5 Å². The van der Waals surface area contributed by atoms with Gasteiger partial charge in [0.2, 0.25) is 0 Å². The first-order valence-electron chi connectivity index (χ1n) is 4.79. The van der Waals surface area contributed by atoms with E-state index in [2.05, 4.69) is 15.5 Å². The minimum atomic E-state index is -4.46. The molecule has 0 aliphatic heterocycles. The SMILES string of the molecule is OCCCCNc1ccc(C(F)(F)F)nn1. The van der Waals surface area contributed by atoms with Crippen LogP contribution in [-0.2, 0) is 6.18 Å². The standard InChI is InChI=1S/C9H12F3N3O/c10-9(11,12)7-3-4-8(15-14-7)13-5-1-2-6-16/h3-4,16H,1-2,5-6H2,(H,13,15). The number of anilines is 1. The predicted molar refractivity (Wildman–Crippen MR) is 51.8 cm³/mol. The Morgan fingerprint density at radius 3 is 2.44 bits per heavy atom. The number of aliphatic hydroxyl groups is 1. The van der Waals surface area contributed by atoms with Crippen LogP contribution < -0.4 is 5.32 Å². The topological polar surface area (TPSA) is 58.0 Å². The van der Waals surface area contributed by atoms with Crippen molar-refractivity contribution in [1.29, 1.82) is 0 Å². The molecule has 2 N–H and O–H groups in total. The highest BCUT2D eigenvalue weighted by Gasteiger charge is 2.32. The number of nitrogens with one attached hydrogen (secondary N) is 1. The van der Waals surface area contributed by atoms with Crippen molar-refractivity contribution in [1.82, 2.24) is 10.2 Å². The van der Waals surface area contributed by atoms with E-state index in [1.54, 1.807) is 0 Å². The van der Waals surface area contributed by atoms with Gasteiger partial charge in [-0.15, -0.1) is 10.2 Å². The summed E-state index contributed by atoms with van der Waals surface area (Å²) in [5.41, 5.74) is -1.01. The molecule has 0 aromatic carbocycles. The molecular formula is C9H12F3N3O. The van der Waals surface area contributed by atoms with Crippen LogP contribution in [0, 0.1) is 0 Å². The van der Waals surface area contributed by atoms with Crippen LogP contribution in [0.2, 0.25) is 0 Å². The zero-order valence-corrected chi connectivity index (χ0v) is 8.46. The maximum atomic E-state index is 12.1. The highest BCUT2D eigenvalue weighted by atomic mass is 19.4. The largest absolute Gasteiger partial charge is 0.435 e. The zero-order valence-electron chi connectivity index (χ0n) is 8.46. The van der Waals surface area contributed by atoms with E-state index in [9.17, 15) is 13.2 Å². The first-order chi connectivity index (χ1) is 7.54. The maximum absolute atomic E-state index is 12.1. The molecule has 16 heavy (non-hydrogen) atoms. The van der Waals surface area contributed by atoms with Crippen LogP contribution >= 0.6 is 0 Å². The summed E-state index contributed by atoms with van der Waals surface area (Å²) in [6.07, 6.45) is -3.09. The average molecular weight is 235 g/mol. The Kier molecular flexibility index (Phi) is 4.48. The minimum absolute atomic E-state index is 0.0976. The lowest BCUT2D eigenvalue weighted by Gasteiger charge is -2.06. The van der Waals surface area contributed by atoms with Gasteiger partial charge in [-0.3, -0.25) is 0 Å². The third kappa shape index (κ3) is 4.01. The molecule has 0 saturated carbocycles. The average Bonchev–Trinajstić information content (AvgIpc) is 2.24. The summed E-state index contributed by atoms with van der Waals surface area (Å²) in [5, 5.41) is 17.8. The molecule has 0 saturated heterocycles. The van der Waals surface area contributed by atoms with Gasteiger partial charge in [-0.05, 0) is 25.0 Å². The quantitative estimate of drug-likeness (QED) is 0.762. The Balaban J connectivity index is 2.46. The second-order valence-corrected chi connectivity index (χ2v) is 3.16. The van der Waals surface area contributed by atoms with E-state index in [4.69, 9.17) is 5.11 Å². The number of rotatable bonds is 5. The van der Waals surface area contributed by atoms with E-state index in [-0.39, 0.29) is 6.61 Å². The molecule has 0 fully saturated rings. The first kappa shape index (κ1) is 12.7. The van der Waals surface area contributed by atoms with Gasteiger partial charge in [0, 0.05) is 13.2 Å². The van der Waals surface area contributed by atoms with Crippen molar-refractivity contribution in [2.24, 2.45) is 0 Å². The zero-order chi connectivity index (χ0) is 12.0. The van der Waals surface area contributed by atoms with Gasteiger partial charge in [-0.2, -0.15) is 13.2 Å². The van der Waals surface area contributed by atoms with Crippen LogP contribution in [0.5, 0.6) is 0 Å². The van der Waals surface area contributed by atoms with Crippen molar-refractivity contribution < 1.29 is 18.3 Å². The number of hydrogen-bond donors (Lipinski definition) is 2. The Hall–Kier alpha value is -1.37. The molecule has 0 aliphatic rings. The van der Waals surface area contributed by atoms with Crippen molar-refractivity contribution in [3.8, 4) is 0 Å². The molecule has 1 heterocycles. The Labute approximate surface area is 90.5 Å². The molecule has 0 aliphatic carbocycles. The highest BCUT2D eigenvalue weighted by molar-refractivity contribution is 5.33. The van der Waals surface area contributed by atoms with Gasteiger partial charge in [0.25, 0.3) is 0 Å². The number of hydrogen-bond acceptors (Lipinski definition) is 4. The molecule has 0 bridgehead atoms. The molecule has 1 rings (SSSR count). The molecule has 1 aromatic rings. The van der Waals surface area contributed by atoms with Gasteiger partial charge in [-0.25, -0.2) is 0 Å². The van der Waals surface area contributed by atoms with Crippen LogP contribution in [0.25, 0.3) is 0 Å². The lowest BCUT2D eigenvalue weighted by Crippen LogP contribution is -2.11. The fourth-order valence-corrected chi connectivity index (χ4v) is 1.03. The molecule has 0 unspecified atom stereocenters. The molecule has 0 radical (unpaired) electrons. The number of aliphatic hydroxyl groups excluding tert-OH is 1. The Morgan fingerprint density at radius 1 is 1.19 bits per heavy atom. The third-order valence-corrected chi connectivity index (χ3v) is 1.85. The predicted octanol–water partition coefficient (Wildman–Crippen LogP) is 1.68. The summed E-state index contributed by atoms with van der Waals surface area (Å²) >= 11 is 0. The number of unbranched alkanes of at least 4 members (excludes halogenated alkanes) is 1. The monoisotopic (exact) mass is 235 g/mol. The van der Waals surface area contributed by atoms with Gasteiger partial charge in [-0.1, -0.05) is 0 Å². The second-order valence-electron chi connectivity index (χ2n) is 3.16. The lowest BCUT2D eigenvalue weighted by molar-refractivity contribution is -0.141. The highest BCUT2D eigenvalue weighted by Crippen LogP contribution is 2.26. The smallest absolute Gasteiger partial charge is 0.396 e. The van der Waals surface area contributed by atoms with Gasteiger partial charge < -0.3 is 10.4 Å². The molecule has 7 heteroatoms. The summed E-state index contributed by atoms with van der Waals surface area (Å²) in [5.74, 6) is 0.297. The van der Waals surface area contributed by atoms with E-state index < -0.39 is 11.9 Å². The van der Waals surface area contributed by atoms with Crippen molar-refractivity contribution in [3.63, 3.8) is 0 Å². The summed E-state index contributed by atoms with van der Waals surface area (Å²) in [4.78, 5) is 0. The molecule has 90 valence electrons. The minimum Gasteiger partial charge on any atom is -0.396 e. The molecule has 1 aromatic heterocycles. The van der Waals surface area contributed by atoms with Crippen LogP contribution in [0.1, 0.15) is 18.5 Å². The van der Waals surface area contributed by atoms with E-state index in [0.717, 1.165) is 12.5 Å². The Bertz CT molecular complexity index is 313. The van der Waals surface area contributed by atoms with E-state index in [0.29, 0.717) is 18.8 Å². The summed E-state index contributed by atoms with van der Waals surface area (Å²) < 4.78 is 36.4. The van der Waals surface area contributed by atoms with Crippen LogP contribution in [0.4, 0.5) is 19.0 Å². The van der Waals surface area contributed by atoms with Gasteiger partial charge in [0.05, 0.1) is 0 Å². The second kappa shape index (κ2) is 5.64. The molecule has 0 amide bonds. The lowest BCUT2D eigenvalue weighted by atomic mass is 10.3. The van der Waals surface area contributed by atoms with Gasteiger partial charge in [0.1, 0.15) is 5.82 Å². The van der Waals surface area contributed by atoms with Gasteiger partial charge in [0.15, 0.2) is 5.69 Å². The fraction of sp³-hybridized carbons (Fsp3) is 0.556. The summed E-state index contributed by atoms with van der Waals surface area (Å²) in [6.45, 7) is 0.640. The molecule has 4 nitrogen and oxygen atoms in total. The van der Waals surface area contributed by atoms with Crippen LogP contribution in [0.3, 0.4) is 0 Å². The maximum Gasteiger partial charge on any atom is 0.435 e. The fourth-order valence-electron chi connectivity index (χ4n) is 1.03. The summed E-state index contributed by atoms with van der Waals surface area (Å²) in [7, 11) is 0. The van der Waals surface area contributed by atoms with E-state index >= 15 is 0 Å². The van der Waals surface area contributed by atoms with Crippen LogP contribution in [-0.4, -0.2) is 28.5 Å². The van der Waals surface area contributed by atoms with E-state index in [1.807, 2.05) is 0 Å². The van der Waals surface area contributed by atoms with Crippen molar-refractivity contribution in [2.45, 2.75) is 19.0 Å². The normalized spacial score (nSPS) is 11.5. The number of nitrogens with zero attached hydrogens (tertiary/aromatic N) is 2. The number of aromatic nitrogens is 2. The number of halogens is 3. The first-order valence-corrected chi connectivity index (χ1v) is 4.79. The van der Waals surface area contributed by atoms with Crippen molar-refractivity contribution in [3.05, 3.63) is 17.8 Å². The third-order valence-electron chi connectivity index (χ3n) is 1.85. The molecular weight excluding hydrogens is 223 g/mol. The summed E-state index contributed by atoms with van der Waals surface area (Å²) in [6, 6.07) is 2.11. The molecule has 0 spiro atoms. The van der Waals surface area contributed by atoms with Crippen molar-refractivity contribution >= 4 is 5.82 Å². The number of alkyl halides is 3. The molecule has 0 atom stereocenters. The van der Waals surface area contributed by atoms with Crippen LogP contribution in [0.15, 0.2) is 12.1 Å². The Morgan fingerprint density at radius 2 is 1.94 bits per heavy atom. The van der Waals surface area contributed by atoms with E-state index in [1.165, 1.54) is 6.07 Å².